The number of hydrogen-bond donors (Lipinski definition) is 4. The van der Waals surface area contributed by atoms with E-state index in [0.717, 1.165) is 0 Å². The number of rotatable bonds is 6. The lowest BCUT2D eigenvalue weighted by Gasteiger charge is -2.13. The number of urea groups is 1. The van der Waals surface area contributed by atoms with Crippen LogP contribution in [0.5, 0.6) is 0 Å². The summed E-state index contributed by atoms with van der Waals surface area (Å²) in [4.78, 5) is 22.1. The van der Waals surface area contributed by atoms with Crippen LogP contribution in [0.2, 0.25) is 0 Å². The molecule has 0 aromatic carbocycles. The van der Waals surface area contributed by atoms with E-state index in [4.69, 9.17) is 14.7 Å². The van der Waals surface area contributed by atoms with E-state index < -0.39 is 18.0 Å². The quantitative estimate of drug-likeness (QED) is 0.550. The van der Waals surface area contributed by atoms with E-state index in [1.54, 1.807) is 13.0 Å². The third kappa shape index (κ3) is 4.42. The Hall–Kier alpha value is -2.09. The van der Waals surface area contributed by atoms with E-state index >= 15 is 0 Å². The number of nitrogens with one attached hydrogen (secondary N) is 2. The van der Waals surface area contributed by atoms with Crippen LogP contribution in [-0.2, 0) is 11.3 Å². The first kappa shape index (κ1) is 14.0. The first-order valence-electron chi connectivity index (χ1n) is 5.33. The number of aliphatic carboxylic acids is 1. The van der Waals surface area contributed by atoms with Crippen LogP contribution in [0.4, 0.5) is 4.79 Å². The van der Waals surface area contributed by atoms with Crippen molar-refractivity contribution in [1.29, 1.82) is 0 Å². The molecule has 0 radical (unpaired) electrons. The molecule has 0 fully saturated rings. The van der Waals surface area contributed by atoms with Gasteiger partial charge in [0, 0.05) is 19.1 Å². The van der Waals surface area contributed by atoms with E-state index in [1.807, 2.05) is 0 Å². The van der Waals surface area contributed by atoms with Crippen LogP contribution >= 0.6 is 0 Å². The molecule has 1 heterocycles. The fraction of sp³-hybridized carbons (Fsp3) is 0.500. The zero-order chi connectivity index (χ0) is 13.5. The number of carbonyl (C=O) groups excluding carboxylic acids is 1. The maximum Gasteiger partial charge on any atom is 0.326 e. The Kier molecular flexibility index (Phi) is 5.12. The van der Waals surface area contributed by atoms with Crippen LogP contribution in [0, 0.1) is 6.92 Å². The van der Waals surface area contributed by atoms with Gasteiger partial charge in [-0.1, -0.05) is 5.16 Å². The highest BCUT2D eigenvalue weighted by Crippen LogP contribution is 2.01. The molecule has 1 aromatic rings. The number of carbonyl (C=O) groups is 2. The zero-order valence-corrected chi connectivity index (χ0v) is 9.84. The lowest BCUT2D eigenvalue weighted by atomic mass is 10.2. The van der Waals surface area contributed by atoms with E-state index in [9.17, 15) is 9.59 Å². The molecule has 0 aliphatic rings. The summed E-state index contributed by atoms with van der Waals surface area (Å²) in [6.45, 7) is 1.53. The largest absolute Gasteiger partial charge is 0.480 e. The molecule has 2 amide bonds. The van der Waals surface area contributed by atoms with Crippen LogP contribution in [-0.4, -0.2) is 40.0 Å². The summed E-state index contributed by atoms with van der Waals surface area (Å²) >= 11 is 0. The zero-order valence-electron chi connectivity index (χ0n) is 9.84. The highest BCUT2D eigenvalue weighted by molar-refractivity contribution is 5.82. The Morgan fingerprint density at radius 2 is 2.28 bits per heavy atom. The molecule has 0 bridgehead atoms. The summed E-state index contributed by atoms with van der Waals surface area (Å²) in [5, 5.41) is 25.7. The molecule has 0 aliphatic heterocycles. The highest BCUT2D eigenvalue weighted by atomic mass is 16.5. The standard InChI is InChI=1S/C10H15N3O5/c1-6-4-7(18-13-6)5-11-10(17)12-8(2-3-14)9(15)16/h4,8,14H,2-3,5H2,1H3,(H,15,16)(H2,11,12,17)/t8-/m0/s1. The average Bonchev–Trinajstić information content (AvgIpc) is 2.72. The Balaban J connectivity index is 2.38. The van der Waals surface area contributed by atoms with Crippen molar-refractivity contribution >= 4 is 12.0 Å². The third-order valence-corrected chi connectivity index (χ3v) is 2.12. The van der Waals surface area contributed by atoms with Crippen molar-refractivity contribution < 1.29 is 24.3 Å². The number of carboxylic acid groups (broad SMARTS) is 1. The molecular formula is C10H15N3O5. The van der Waals surface area contributed by atoms with Crippen molar-refractivity contribution in [3.63, 3.8) is 0 Å². The second-order valence-electron chi connectivity index (χ2n) is 3.66. The third-order valence-electron chi connectivity index (χ3n) is 2.12. The number of carboxylic acids is 1. The molecule has 0 saturated carbocycles. The minimum absolute atomic E-state index is 0.0514. The van der Waals surface area contributed by atoms with E-state index in [-0.39, 0.29) is 19.6 Å². The van der Waals surface area contributed by atoms with Gasteiger partial charge in [0.2, 0.25) is 0 Å². The molecule has 4 N–H and O–H groups in total. The molecule has 0 saturated heterocycles. The van der Waals surface area contributed by atoms with Crippen molar-refractivity contribution in [2.24, 2.45) is 0 Å². The molecule has 1 aromatic heterocycles. The van der Waals surface area contributed by atoms with E-state index in [2.05, 4.69) is 15.8 Å². The topological polar surface area (TPSA) is 125 Å². The Morgan fingerprint density at radius 1 is 1.56 bits per heavy atom. The van der Waals surface area contributed by atoms with Gasteiger partial charge in [-0.3, -0.25) is 0 Å². The Morgan fingerprint density at radius 3 is 2.78 bits per heavy atom. The molecule has 0 spiro atoms. The highest BCUT2D eigenvalue weighted by Gasteiger charge is 2.19. The van der Waals surface area contributed by atoms with Gasteiger partial charge in [-0.25, -0.2) is 9.59 Å². The maximum atomic E-state index is 11.4. The molecule has 18 heavy (non-hydrogen) atoms. The van der Waals surface area contributed by atoms with Crippen molar-refractivity contribution in [2.45, 2.75) is 25.9 Å². The first-order chi connectivity index (χ1) is 8.52. The van der Waals surface area contributed by atoms with Crippen LogP contribution in [0.1, 0.15) is 17.9 Å². The SMILES string of the molecule is Cc1cc(CNC(=O)N[C@@H](CCO)C(=O)O)on1. The predicted molar refractivity (Wildman–Crippen MR) is 59.7 cm³/mol. The maximum absolute atomic E-state index is 11.4. The van der Waals surface area contributed by atoms with Crippen LogP contribution in [0.15, 0.2) is 10.6 Å². The number of amides is 2. The second kappa shape index (κ2) is 6.60. The van der Waals surface area contributed by atoms with Gasteiger partial charge in [-0.15, -0.1) is 0 Å². The fourth-order valence-corrected chi connectivity index (χ4v) is 1.26. The summed E-state index contributed by atoms with van der Waals surface area (Å²) in [6, 6.07) is -0.112. The molecule has 1 rings (SSSR count). The summed E-state index contributed by atoms with van der Waals surface area (Å²) in [5.74, 6) is -0.730. The monoisotopic (exact) mass is 257 g/mol. The molecule has 8 heteroatoms. The van der Waals surface area contributed by atoms with Crippen LogP contribution < -0.4 is 10.6 Å². The summed E-state index contributed by atoms with van der Waals surface area (Å²) in [5.41, 5.74) is 0.691. The van der Waals surface area contributed by atoms with Gasteiger partial charge < -0.3 is 25.4 Å². The Bertz CT molecular complexity index is 417. The van der Waals surface area contributed by atoms with Crippen molar-refractivity contribution in [1.82, 2.24) is 15.8 Å². The Labute approximate surface area is 103 Å². The average molecular weight is 257 g/mol. The van der Waals surface area contributed by atoms with Gasteiger partial charge in [0.25, 0.3) is 0 Å². The van der Waals surface area contributed by atoms with Gasteiger partial charge in [-0.2, -0.15) is 0 Å². The number of aliphatic hydroxyl groups excluding tert-OH is 1. The van der Waals surface area contributed by atoms with Gasteiger partial charge >= 0.3 is 12.0 Å². The lowest BCUT2D eigenvalue weighted by molar-refractivity contribution is -0.139. The molecule has 1 atom stereocenters. The summed E-state index contributed by atoms with van der Waals surface area (Å²) in [6.07, 6.45) is -0.0514. The first-order valence-corrected chi connectivity index (χ1v) is 5.33. The second-order valence-corrected chi connectivity index (χ2v) is 3.66. The van der Waals surface area contributed by atoms with Gasteiger partial charge in [0.1, 0.15) is 6.04 Å². The number of aryl methyl sites for hydroxylation is 1. The number of aromatic nitrogens is 1. The summed E-state index contributed by atoms with van der Waals surface area (Å²) in [7, 11) is 0. The van der Waals surface area contributed by atoms with Crippen LogP contribution in [0.3, 0.4) is 0 Å². The van der Waals surface area contributed by atoms with E-state index in [1.165, 1.54) is 0 Å². The molecule has 0 unspecified atom stereocenters. The minimum atomic E-state index is -1.20. The molecular weight excluding hydrogens is 242 g/mol. The number of hydrogen-bond acceptors (Lipinski definition) is 5. The van der Waals surface area contributed by atoms with Gasteiger partial charge in [0.05, 0.1) is 12.2 Å². The van der Waals surface area contributed by atoms with Gasteiger partial charge in [-0.05, 0) is 6.92 Å². The van der Waals surface area contributed by atoms with Crippen LogP contribution in [0.25, 0.3) is 0 Å². The lowest BCUT2D eigenvalue weighted by Crippen LogP contribution is -2.46. The van der Waals surface area contributed by atoms with Crippen molar-refractivity contribution in [2.75, 3.05) is 6.61 Å². The number of aliphatic hydroxyl groups is 1. The number of nitrogens with zero attached hydrogens (tertiary/aromatic N) is 1. The predicted octanol–water partition coefficient (Wildman–Crippen LogP) is -0.382. The van der Waals surface area contributed by atoms with Gasteiger partial charge in [0.15, 0.2) is 5.76 Å². The molecule has 8 nitrogen and oxygen atoms in total. The fourth-order valence-electron chi connectivity index (χ4n) is 1.26. The molecule has 0 aliphatic carbocycles. The van der Waals surface area contributed by atoms with Crippen molar-refractivity contribution in [3.05, 3.63) is 17.5 Å². The van der Waals surface area contributed by atoms with E-state index in [0.29, 0.717) is 11.5 Å². The van der Waals surface area contributed by atoms with Crippen molar-refractivity contribution in [3.8, 4) is 0 Å². The normalized spacial score (nSPS) is 11.9. The molecule has 100 valence electrons. The minimum Gasteiger partial charge on any atom is -0.480 e. The summed E-state index contributed by atoms with van der Waals surface area (Å²) < 4.78 is 4.87. The smallest absolute Gasteiger partial charge is 0.326 e.